The van der Waals surface area contributed by atoms with Crippen molar-refractivity contribution in [2.24, 2.45) is 0 Å². The van der Waals surface area contributed by atoms with Gasteiger partial charge in [0.25, 0.3) is 0 Å². The summed E-state index contributed by atoms with van der Waals surface area (Å²) in [5, 5.41) is 2.50. The number of nitrogens with zero attached hydrogens (tertiary/aromatic N) is 1. The first kappa shape index (κ1) is 35.5. The lowest BCUT2D eigenvalue weighted by Crippen LogP contribution is -2.30. The SMILES string of the molecule is C=C1/C=C\C=C(\c2ccc(N(C3=CCC4(C)C(=C3)C(C)(C)c3cc(-c5ccccc5)ccc34)c3ccc(-c4ccc5ccccc5c4)cc3)cc2)Oc2ccccc21. The normalized spacial score (nSPS) is 19.2. The molecule has 7 aromatic carbocycles. The lowest BCUT2D eigenvalue weighted by Gasteiger charge is -2.37. The zero-order valence-corrected chi connectivity index (χ0v) is 33.2. The first-order chi connectivity index (χ1) is 28.3. The maximum Gasteiger partial charge on any atom is 0.135 e. The zero-order valence-electron chi connectivity index (χ0n) is 33.2. The van der Waals surface area contributed by atoms with Gasteiger partial charge in [0, 0.05) is 39.0 Å². The van der Waals surface area contributed by atoms with E-state index in [1.165, 1.54) is 55.4 Å². The highest BCUT2D eigenvalue weighted by Crippen LogP contribution is 2.58. The number of ether oxygens (including phenoxy) is 1. The fourth-order valence-electron chi connectivity index (χ4n) is 9.43. The Morgan fingerprint density at radius 2 is 1.19 bits per heavy atom. The van der Waals surface area contributed by atoms with Crippen LogP contribution in [0, 0.1) is 0 Å². The van der Waals surface area contributed by atoms with Crippen LogP contribution in [0.25, 0.3) is 44.4 Å². The summed E-state index contributed by atoms with van der Waals surface area (Å²) in [4.78, 5) is 2.42. The van der Waals surface area contributed by atoms with Crippen molar-refractivity contribution in [1.82, 2.24) is 0 Å². The molecule has 0 aromatic heterocycles. The number of hydrogen-bond donors (Lipinski definition) is 0. The zero-order chi connectivity index (χ0) is 39.4. The molecule has 0 bridgehead atoms. The lowest BCUT2D eigenvalue weighted by atomic mass is 9.70. The van der Waals surface area contributed by atoms with Gasteiger partial charge >= 0.3 is 0 Å². The molecule has 2 heteroatoms. The minimum atomic E-state index is -0.152. The van der Waals surface area contributed by atoms with Crippen molar-refractivity contribution in [3.05, 3.63) is 234 Å². The van der Waals surface area contributed by atoms with Crippen molar-refractivity contribution in [3.8, 4) is 28.0 Å². The van der Waals surface area contributed by atoms with Crippen LogP contribution in [0.15, 0.2) is 212 Å². The summed E-state index contributed by atoms with van der Waals surface area (Å²) < 4.78 is 6.54. The standard InChI is InChI=1S/C56H45NO/c1-38-13-12-20-52(58-53-19-11-10-18-49(38)53)42-25-30-47(31-26-42)57(46-28-23-41(24-29-46)44-22-21-40-16-8-9-17-43(40)35-44)48-33-34-56(4)50-32-27-45(39-14-6-5-7-15-39)36-51(50)55(2,3)54(56)37-48/h5-33,35-37H,1,34H2,2-4H3/b13-12-,52-20-. The molecule has 280 valence electrons. The van der Waals surface area contributed by atoms with Gasteiger partial charge in [-0.05, 0) is 128 Å². The van der Waals surface area contributed by atoms with Gasteiger partial charge in [-0.15, -0.1) is 0 Å². The second-order valence-corrected chi connectivity index (χ2v) is 16.5. The molecule has 1 unspecified atom stereocenters. The molecule has 10 rings (SSSR count). The van der Waals surface area contributed by atoms with Crippen molar-refractivity contribution in [1.29, 1.82) is 0 Å². The molecule has 0 saturated heterocycles. The molecule has 2 nitrogen and oxygen atoms in total. The molecular formula is C56H45NO. The first-order valence-electron chi connectivity index (χ1n) is 20.2. The fourth-order valence-corrected chi connectivity index (χ4v) is 9.43. The van der Waals surface area contributed by atoms with Gasteiger partial charge in [-0.1, -0.05) is 155 Å². The van der Waals surface area contributed by atoms with Gasteiger partial charge in [0.05, 0.1) is 0 Å². The van der Waals surface area contributed by atoms with Crippen LogP contribution in [0.5, 0.6) is 5.75 Å². The molecule has 2 aliphatic carbocycles. The van der Waals surface area contributed by atoms with Crippen LogP contribution in [0.1, 0.15) is 49.4 Å². The Hall–Kier alpha value is -6.90. The van der Waals surface area contributed by atoms with Gasteiger partial charge in [-0.2, -0.15) is 0 Å². The smallest absolute Gasteiger partial charge is 0.135 e. The number of rotatable bonds is 6. The summed E-state index contributed by atoms with van der Waals surface area (Å²) >= 11 is 0. The Bertz CT molecular complexity index is 2870. The van der Waals surface area contributed by atoms with E-state index >= 15 is 0 Å². The van der Waals surface area contributed by atoms with Gasteiger partial charge in [-0.25, -0.2) is 0 Å². The van der Waals surface area contributed by atoms with E-state index in [1.807, 2.05) is 36.4 Å². The number of fused-ring (bicyclic) bond motifs is 5. The van der Waals surface area contributed by atoms with Crippen LogP contribution in [-0.2, 0) is 10.8 Å². The summed E-state index contributed by atoms with van der Waals surface area (Å²) in [5.41, 5.74) is 15.3. The van der Waals surface area contributed by atoms with E-state index in [1.54, 1.807) is 0 Å². The van der Waals surface area contributed by atoms with E-state index in [0.29, 0.717) is 0 Å². The number of anilines is 2. The van der Waals surface area contributed by atoms with Gasteiger partial charge in [-0.3, -0.25) is 0 Å². The summed E-state index contributed by atoms with van der Waals surface area (Å²) in [6.07, 6.45) is 11.9. The van der Waals surface area contributed by atoms with Crippen LogP contribution >= 0.6 is 0 Å². The Labute approximate surface area is 342 Å². The maximum atomic E-state index is 6.54. The average molecular weight is 748 g/mol. The summed E-state index contributed by atoms with van der Waals surface area (Å²) in [6, 6.07) is 59.1. The second kappa shape index (κ2) is 13.9. The Kier molecular flexibility index (Phi) is 8.53. The highest BCUT2D eigenvalue weighted by Gasteiger charge is 2.50. The Morgan fingerprint density at radius 1 is 0.569 bits per heavy atom. The summed E-state index contributed by atoms with van der Waals surface area (Å²) in [5.74, 6) is 1.60. The molecule has 1 heterocycles. The van der Waals surface area contributed by atoms with E-state index in [9.17, 15) is 0 Å². The molecule has 0 N–H and O–H groups in total. The Morgan fingerprint density at radius 3 is 1.97 bits per heavy atom. The quantitative estimate of drug-likeness (QED) is 0.168. The van der Waals surface area contributed by atoms with Crippen LogP contribution in [0.4, 0.5) is 11.4 Å². The minimum absolute atomic E-state index is 0.0931. The van der Waals surface area contributed by atoms with Crippen molar-refractivity contribution < 1.29 is 4.74 Å². The molecule has 58 heavy (non-hydrogen) atoms. The number of hydrogen-bond acceptors (Lipinski definition) is 2. The largest absolute Gasteiger partial charge is 0.456 e. The van der Waals surface area contributed by atoms with E-state index in [2.05, 4.69) is 190 Å². The monoisotopic (exact) mass is 747 g/mol. The minimum Gasteiger partial charge on any atom is -0.456 e. The van der Waals surface area contributed by atoms with Crippen molar-refractivity contribution in [2.45, 2.75) is 38.0 Å². The topological polar surface area (TPSA) is 12.5 Å². The third-order valence-corrected chi connectivity index (χ3v) is 12.5. The highest BCUT2D eigenvalue weighted by molar-refractivity contribution is 5.88. The fraction of sp³-hybridized carbons (Fsp3) is 0.107. The third-order valence-electron chi connectivity index (χ3n) is 12.5. The number of para-hydroxylation sites is 1. The molecule has 0 saturated carbocycles. The predicted molar refractivity (Wildman–Crippen MR) is 244 cm³/mol. The number of allylic oxidation sites excluding steroid dienone is 7. The molecular weight excluding hydrogens is 703 g/mol. The third kappa shape index (κ3) is 6.04. The van der Waals surface area contributed by atoms with Crippen LogP contribution in [-0.4, -0.2) is 0 Å². The van der Waals surface area contributed by atoms with Gasteiger partial charge in [0.15, 0.2) is 0 Å². The van der Waals surface area contributed by atoms with Crippen molar-refractivity contribution in [2.75, 3.05) is 4.90 Å². The predicted octanol–water partition coefficient (Wildman–Crippen LogP) is 14.8. The molecule has 0 fully saturated rings. The molecule has 7 aromatic rings. The van der Waals surface area contributed by atoms with Crippen molar-refractivity contribution in [3.63, 3.8) is 0 Å². The average Bonchev–Trinajstić information content (AvgIpc) is 3.44. The lowest BCUT2D eigenvalue weighted by molar-refractivity contribution is 0.508. The highest BCUT2D eigenvalue weighted by atomic mass is 16.5. The van der Waals surface area contributed by atoms with E-state index in [0.717, 1.165) is 46.0 Å². The molecule has 1 atom stereocenters. The molecule has 1 aliphatic heterocycles. The first-order valence-corrected chi connectivity index (χ1v) is 20.2. The molecule has 0 amide bonds. The van der Waals surface area contributed by atoms with Crippen molar-refractivity contribution >= 4 is 33.5 Å². The van der Waals surface area contributed by atoms with Gasteiger partial charge in [0.2, 0.25) is 0 Å². The Balaban J connectivity index is 1.04. The van der Waals surface area contributed by atoms with E-state index in [-0.39, 0.29) is 10.8 Å². The maximum absolute atomic E-state index is 6.54. The molecule has 3 aliphatic rings. The summed E-state index contributed by atoms with van der Waals surface area (Å²) in [6.45, 7) is 11.5. The summed E-state index contributed by atoms with van der Waals surface area (Å²) in [7, 11) is 0. The van der Waals surface area contributed by atoms with Gasteiger partial charge in [0.1, 0.15) is 11.5 Å². The number of benzene rings is 7. The van der Waals surface area contributed by atoms with Crippen LogP contribution in [0.3, 0.4) is 0 Å². The second-order valence-electron chi connectivity index (χ2n) is 16.5. The van der Waals surface area contributed by atoms with Crippen LogP contribution in [0.2, 0.25) is 0 Å². The van der Waals surface area contributed by atoms with E-state index in [4.69, 9.17) is 4.74 Å². The molecule has 0 radical (unpaired) electrons. The molecule has 0 spiro atoms. The van der Waals surface area contributed by atoms with E-state index < -0.39 is 0 Å². The van der Waals surface area contributed by atoms with Crippen LogP contribution < -0.4 is 9.64 Å². The van der Waals surface area contributed by atoms with Gasteiger partial charge < -0.3 is 9.64 Å².